The zero-order valence-corrected chi connectivity index (χ0v) is 11.2. The summed E-state index contributed by atoms with van der Waals surface area (Å²) in [4.78, 5) is 0. The first-order valence-electron chi connectivity index (χ1n) is 6.40. The molecule has 0 aromatic heterocycles. The van der Waals surface area contributed by atoms with Gasteiger partial charge in [-0.1, -0.05) is 52.0 Å². The second kappa shape index (κ2) is 4.30. The van der Waals surface area contributed by atoms with Crippen molar-refractivity contribution >= 4 is 5.57 Å². The van der Waals surface area contributed by atoms with Gasteiger partial charge in [0.25, 0.3) is 0 Å². The summed E-state index contributed by atoms with van der Waals surface area (Å²) in [5.41, 5.74) is 5.30. The van der Waals surface area contributed by atoms with Crippen molar-refractivity contribution in [2.24, 2.45) is 5.41 Å². The molecule has 1 N–H and O–H groups in total. The molecule has 1 aromatic carbocycles. The number of fused-ring (bicyclic) bond motifs is 1. The fourth-order valence-electron chi connectivity index (χ4n) is 2.45. The highest BCUT2D eigenvalue weighted by Crippen LogP contribution is 2.40. The van der Waals surface area contributed by atoms with E-state index in [0.29, 0.717) is 5.92 Å². The Kier molecular flexibility index (Phi) is 3.13. The van der Waals surface area contributed by atoms with Gasteiger partial charge in [0, 0.05) is 5.41 Å². The van der Waals surface area contributed by atoms with Crippen molar-refractivity contribution in [2.45, 2.75) is 40.0 Å². The van der Waals surface area contributed by atoms with Gasteiger partial charge in [0.2, 0.25) is 0 Å². The van der Waals surface area contributed by atoms with Crippen molar-refractivity contribution in [2.75, 3.05) is 6.61 Å². The summed E-state index contributed by atoms with van der Waals surface area (Å²) in [7, 11) is 0. The fourth-order valence-corrected chi connectivity index (χ4v) is 2.45. The van der Waals surface area contributed by atoms with E-state index >= 15 is 0 Å². The lowest BCUT2D eigenvalue weighted by Crippen LogP contribution is -2.18. The van der Waals surface area contributed by atoms with Gasteiger partial charge in [-0.3, -0.25) is 0 Å². The molecule has 0 spiro atoms. The van der Waals surface area contributed by atoms with Crippen LogP contribution in [0.3, 0.4) is 0 Å². The van der Waals surface area contributed by atoms with Gasteiger partial charge >= 0.3 is 0 Å². The molecule has 0 unspecified atom stereocenters. The summed E-state index contributed by atoms with van der Waals surface area (Å²) in [6.45, 7) is 8.85. The number of aliphatic hydroxyl groups is 1. The molecule has 0 heterocycles. The molecular weight excluding hydrogens is 208 g/mol. The topological polar surface area (TPSA) is 20.2 Å². The molecule has 17 heavy (non-hydrogen) atoms. The lowest BCUT2D eigenvalue weighted by atomic mass is 9.81. The summed E-state index contributed by atoms with van der Waals surface area (Å²) in [5, 5.41) is 9.48. The van der Waals surface area contributed by atoms with Crippen LogP contribution in [0.4, 0.5) is 0 Å². The Morgan fingerprint density at radius 3 is 2.59 bits per heavy atom. The van der Waals surface area contributed by atoms with E-state index in [1.807, 2.05) is 0 Å². The summed E-state index contributed by atoms with van der Waals surface area (Å²) in [5.74, 6) is 0.579. The Bertz CT molecular complexity index is 453. The van der Waals surface area contributed by atoms with Crippen LogP contribution in [0.2, 0.25) is 0 Å². The molecular formula is C16H22O. The summed E-state index contributed by atoms with van der Waals surface area (Å²) < 4.78 is 0. The van der Waals surface area contributed by atoms with E-state index in [1.54, 1.807) is 0 Å². The van der Waals surface area contributed by atoms with Crippen molar-refractivity contribution < 1.29 is 5.11 Å². The highest BCUT2D eigenvalue weighted by molar-refractivity contribution is 5.76. The first-order valence-corrected chi connectivity index (χ1v) is 6.40. The number of hydrogen-bond donors (Lipinski definition) is 1. The Morgan fingerprint density at radius 2 is 2.00 bits per heavy atom. The molecule has 0 fully saturated rings. The lowest BCUT2D eigenvalue weighted by Gasteiger charge is -2.25. The van der Waals surface area contributed by atoms with Crippen molar-refractivity contribution in [1.29, 1.82) is 0 Å². The molecule has 0 aliphatic heterocycles. The SMILES string of the molecule is CC(C)c1ccc2c(c1)CC=C2C(C)(C)CO. The molecule has 0 radical (unpaired) electrons. The summed E-state index contributed by atoms with van der Waals surface area (Å²) >= 11 is 0. The van der Waals surface area contributed by atoms with Crippen LogP contribution < -0.4 is 0 Å². The monoisotopic (exact) mass is 230 g/mol. The molecule has 1 heteroatoms. The number of benzene rings is 1. The van der Waals surface area contributed by atoms with Gasteiger partial charge in [-0.2, -0.15) is 0 Å². The Labute approximate surface area is 104 Å². The molecule has 0 bridgehead atoms. The molecule has 0 amide bonds. The van der Waals surface area contributed by atoms with Crippen molar-refractivity contribution in [3.05, 3.63) is 41.0 Å². The average Bonchev–Trinajstić information content (AvgIpc) is 2.72. The van der Waals surface area contributed by atoms with Crippen LogP contribution in [-0.4, -0.2) is 11.7 Å². The van der Waals surface area contributed by atoms with Gasteiger partial charge < -0.3 is 5.11 Å². The summed E-state index contributed by atoms with van der Waals surface area (Å²) in [6, 6.07) is 6.76. The van der Waals surface area contributed by atoms with Crippen LogP contribution in [0.25, 0.3) is 5.57 Å². The standard InChI is InChI=1S/C16H22O/c1-11(2)12-5-7-14-13(9-12)6-8-15(14)16(3,4)10-17/h5,7-9,11,17H,6,10H2,1-4H3. The second-order valence-electron chi connectivity index (χ2n) is 5.94. The third-order valence-corrected chi connectivity index (χ3v) is 3.74. The van der Waals surface area contributed by atoms with E-state index in [9.17, 15) is 5.11 Å². The van der Waals surface area contributed by atoms with Gasteiger partial charge in [0.05, 0.1) is 6.61 Å². The highest BCUT2D eigenvalue weighted by atomic mass is 16.3. The maximum atomic E-state index is 9.48. The van der Waals surface area contributed by atoms with Crippen LogP contribution in [0.5, 0.6) is 0 Å². The van der Waals surface area contributed by atoms with Gasteiger partial charge in [0.15, 0.2) is 0 Å². The second-order valence-corrected chi connectivity index (χ2v) is 5.94. The maximum Gasteiger partial charge on any atom is 0.0522 e. The van der Waals surface area contributed by atoms with Crippen molar-refractivity contribution in [3.63, 3.8) is 0 Å². The van der Waals surface area contributed by atoms with Crippen molar-refractivity contribution in [3.8, 4) is 0 Å². The van der Waals surface area contributed by atoms with Crippen LogP contribution in [0, 0.1) is 5.41 Å². The van der Waals surface area contributed by atoms with E-state index < -0.39 is 0 Å². The zero-order valence-electron chi connectivity index (χ0n) is 11.2. The summed E-state index contributed by atoms with van der Waals surface area (Å²) in [6.07, 6.45) is 3.28. The molecule has 0 saturated carbocycles. The molecule has 92 valence electrons. The van der Waals surface area contributed by atoms with E-state index in [0.717, 1.165) is 6.42 Å². The smallest absolute Gasteiger partial charge is 0.0522 e. The predicted molar refractivity (Wildman–Crippen MR) is 73.1 cm³/mol. The third kappa shape index (κ3) is 2.16. The van der Waals surface area contributed by atoms with Gasteiger partial charge in [-0.15, -0.1) is 0 Å². The van der Waals surface area contributed by atoms with Gasteiger partial charge in [-0.05, 0) is 34.6 Å². The maximum absolute atomic E-state index is 9.48. The lowest BCUT2D eigenvalue weighted by molar-refractivity contribution is 0.207. The number of rotatable bonds is 3. The van der Waals surface area contributed by atoms with Crippen LogP contribution in [-0.2, 0) is 6.42 Å². The van der Waals surface area contributed by atoms with Gasteiger partial charge in [0.1, 0.15) is 0 Å². The van der Waals surface area contributed by atoms with E-state index in [1.165, 1.54) is 22.3 Å². The Hall–Kier alpha value is -1.08. The third-order valence-electron chi connectivity index (χ3n) is 3.74. The fraction of sp³-hybridized carbons (Fsp3) is 0.500. The minimum Gasteiger partial charge on any atom is -0.395 e. The molecule has 1 aromatic rings. The highest BCUT2D eigenvalue weighted by Gasteiger charge is 2.28. The largest absolute Gasteiger partial charge is 0.395 e. The molecule has 1 aliphatic carbocycles. The van der Waals surface area contributed by atoms with Crippen LogP contribution in [0.15, 0.2) is 24.3 Å². The Morgan fingerprint density at radius 1 is 1.29 bits per heavy atom. The van der Waals surface area contributed by atoms with E-state index in [2.05, 4.69) is 52.0 Å². The molecule has 0 atom stereocenters. The first kappa shape index (κ1) is 12.4. The quantitative estimate of drug-likeness (QED) is 0.838. The van der Waals surface area contributed by atoms with Gasteiger partial charge in [-0.25, -0.2) is 0 Å². The molecule has 1 aliphatic rings. The zero-order chi connectivity index (χ0) is 12.6. The predicted octanol–water partition coefficient (Wildman–Crippen LogP) is 3.77. The van der Waals surface area contributed by atoms with Crippen molar-refractivity contribution in [1.82, 2.24) is 0 Å². The normalized spacial score (nSPS) is 15.1. The minimum absolute atomic E-state index is 0.134. The minimum atomic E-state index is -0.134. The number of allylic oxidation sites excluding steroid dienone is 1. The molecule has 2 rings (SSSR count). The van der Waals surface area contributed by atoms with Crippen LogP contribution in [0.1, 0.15) is 50.3 Å². The molecule has 1 nitrogen and oxygen atoms in total. The average molecular weight is 230 g/mol. The van der Waals surface area contributed by atoms with E-state index in [4.69, 9.17) is 0 Å². The first-order chi connectivity index (χ1) is 7.95. The Balaban J connectivity index is 2.39. The molecule has 0 saturated heterocycles. The van der Waals surface area contributed by atoms with Crippen LogP contribution >= 0.6 is 0 Å². The number of aliphatic hydroxyl groups excluding tert-OH is 1. The number of hydrogen-bond acceptors (Lipinski definition) is 1. The van der Waals surface area contributed by atoms with E-state index in [-0.39, 0.29) is 12.0 Å².